The third-order valence-corrected chi connectivity index (χ3v) is 4.25. The summed E-state index contributed by atoms with van der Waals surface area (Å²) in [6.45, 7) is 7.14. The summed E-state index contributed by atoms with van der Waals surface area (Å²) < 4.78 is 5.12. The second kappa shape index (κ2) is 7.57. The molecule has 1 aliphatic heterocycles. The van der Waals surface area contributed by atoms with Crippen LogP contribution in [-0.4, -0.2) is 37.0 Å². The van der Waals surface area contributed by atoms with Gasteiger partial charge in [-0.25, -0.2) is 0 Å². The standard InChI is InChI=1S/C17H26N2O2/c1-13-11-19(14(2)20)9-8-17(13)18-10-15-4-6-16(7-5-15)12-21-3/h4-7,13,17-18H,8-12H2,1-3H3/t13-,17+/m1/s1. The van der Waals surface area contributed by atoms with Crippen LogP contribution >= 0.6 is 0 Å². The van der Waals surface area contributed by atoms with Gasteiger partial charge in [-0.05, 0) is 23.5 Å². The van der Waals surface area contributed by atoms with E-state index in [4.69, 9.17) is 4.74 Å². The second-order valence-corrected chi connectivity index (χ2v) is 5.97. The van der Waals surface area contributed by atoms with Crippen LogP contribution in [0.2, 0.25) is 0 Å². The Kier molecular flexibility index (Phi) is 5.76. The Morgan fingerprint density at radius 3 is 2.57 bits per heavy atom. The molecule has 0 radical (unpaired) electrons. The Hall–Kier alpha value is -1.39. The van der Waals surface area contributed by atoms with Gasteiger partial charge in [-0.3, -0.25) is 4.79 Å². The normalized spacial score (nSPS) is 22.3. The van der Waals surface area contributed by atoms with Crippen LogP contribution in [0, 0.1) is 5.92 Å². The average molecular weight is 290 g/mol. The highest BCUT2D eigenvalue weighted by molar-refractivity contribution is 5.73. The van der Waals surface area contributed by atoms with Crippen LogP contribution in [0.1, 0.15) is 31.4 Å². The minimum absolute atomic E-state index is 0.189. The number of rotatable bonds is 5. The molecule has 21 heavy (non-hydrogen) atoms. The topological polar surface area (TPSA) is 41.6 Å². The summed E-state index contributed by atoms with van der Waals surface area (Å²) >= 11 is 0. The lowest BCUT2D eigenvalue weighted by atomic mass is 9.93. The lowest BCUT2D eigenvalue weighted by Gasteiger charge is -2.37. The van der Waals surface area contributed by atoms with Crippen molar-refractivity contribution in [3.8, 4) is 0 Å². The second-order valence-electron chi connectivity index (χ2n) is 5.97. The minimum atomic E-state index is 0.189. The van der Waals surface area contributed by atoms with Crippen LogP contribution in [0.5, 0.6) is 0 Å². The first-order valence-corrected chi connectivity index (χ1v) is 7.65. The van der Waals surface area contributed by atoms with Crippen molar-refractivity contribution < 1.29 is 9.53 Å². The van der Waals surface area contributed by atoms with Gasteiger partial charge in [0.25, 0.3) is 0 Å². The van der Waals surface area contributed by atoms with Gasteiger partial charge in [0.15, 0.2) is 0 Å². The number of carbonyl (C=O) groups excluding carboxylic acids is 1. The van der Waals surface area contributed by atoms with Crippen molar-refractivity contribution in [2.45, 2.75) is 39.5 Å². The molecule has 4 nitrogen and oxygen atoms in total. The third kappa shape index (κ3) is 4.55. The average Bonchev–Trinajstić information content (AvgIpc) is 2.47. The summed E-state index contributed by atoms with van der Waals surface area (Å²) in [5.41, 5.74) is 2.49. The smallest absolute Gasteiger partial charge is 0.219 e. The molecule has 0 aromatic heterocycles. The van der Waals surface area contributed by atoms with Gasteiger partial charge in [0.2, 0.25) is 5.91 Å². The molecule has 2 rings (SSSR count). The number of piperidine rings is 1. The van der Waals surface area contributed by atoms with Gasteiger partial charge >= 0.3 is 0 Å². The third-order valence-electron chi connectivity index (χ3n) is 4.25. The lowest BCUT2D eigenvalue weighted by Crippen LogP contribution is -2.49. The van der Waals surface area contributed by atoms with E-state index >= 15 is 0 Å². The molecule has 0 aliphatic carbocycles. The molecule has 116 valence electrons. The summed E-state index contributed by atoms with van der Waals surface area (Å²) in [5.74, 6) is 0.685. The van der Waals surface area contributed by atoms with Gasteiger partial charge in [-0.15, -0.1) is 0 Å². The van der Waals surface area contributed by atoms with Crippen molar-refractivity contribution in [3.05, 3.63) is 35.4 Å². The molecule has 1 aromatic carbocycles. The van der Waals surface area contributed by atoms with E-state index in [0.717, 1.165) is 26.1 Å². The zero-order valence-electron chi connectivity index (χ0n) is 13.3. The number of benzene rings is 1. The molecule has 1 N–H and O–H groups in total. The molecule has 1 fully saturated rings. The molecule has 1 saturated heterocycles. The molecule has 0 bridgehead atoms. The predicted molar refractivity (Wildman–Crippen MR) is 83.8 cm³/mol. The van der Waals surface area contributed by atoms with Crippen molar-refractivity contribution >= 4 is 5.91 Å². The van der Waals surface area contributed by atoms with E-state index in [1.54, 1.807) is 14.0 Å². The van der Waals surface area contributed by atoms with Crippen LogP contribution in [0.15, 0.2) is 24.3 Å². The van der Waals surface area contributed by atoms with Gasteiger partial charge in [-0.2, -0.15) is 0 Å². The molecule has 0 unspecified atom stereocenters. The quantitative estimate of drug-likeness (QED) is 0.904. The summed E-state index contributed by atoms with van der Waals surface area (Å²) in [4.78, 5) is 13.4. The molecular weight excluding hydrogens is 264 g/mol. The number of hydrogen-bond donors (Lipinski definition) is 1. The van der Waals surface area contributed by atoms with E-state index in [1.807, 2.05) is 4.90 Å². The maximum atomic E-state index is 11.4. The summed E-state index contributed by atoms with van der Waals surface area (Å²) in [6.07, 6.45) is 1.03. The van der Waals surface area contributed by atoms with Gasteiger partial charge in [0.1, 0.15) is 0 Å². The number of carbonyl (C=O) groups is 1. The van der Waals surface area contributed by atoms with Crippen LogP contribution in [-0.2, 0) is 22.7 Å². The lowest BCUT2D eigenvalue weighted by molar-refractivity contribution is -0.130. The Balaban J connectivity index is 1.81. The Labute approximate surface area is 127 Å². The van der Waals surface area contributed by atoms with Crippen LogP contribution < -0.4 is 5.32 Å². The van der Waals surface area contributed by atoms with Crippen molar-refractivity contribution in [1.29, 1.82) is 0 Å². The first kappa shape index (κ1) is 16.0. The summed E-state index contributed by atoms with van der Waals surface area (Å²) in [7, 11) is 1.71. The van der Waals surface area contributed by atoms with Crippen LogP contribution in [0.3, 0.4) is 0 Å². The SMILES string of the molecule is COCc1ccc(CN[C@H]2CCN(C(C)=O)C[C@H]2C)cc1. The zero-order valence-corrected chi connectivity index (χ0v) is 13.3. The summed E-state index contributed by atoms with van der Waals surface area (Å²) in [5, 5.41) is 3.63. The van der Waals surface area contributed by atoms with Crippen LogP contribution in [0.4, 0.5) is 0 Å². The first-order valence-electron chi connectivity index (χ1n) is 7.65. The number of amides is 1. The fourth-order valence-corrected chi connectivity index (χ4v) is 2.90. The summed E-state index contributed by atoms with van der Waals surface area (Å²) in [6, 6.07) is 9.01. The van der Waals surface area contributed by atoms with Crippen molar-refractivity contribution in [1.82, 2.24) is 10.2 Å². The van der Waals surface area contributed by atoms with Gasteiger partial charge in [0, 0.05) is 39.7 Å². The number of ether oxygens (including phenoxy) is 1. The monoisotopic (exact) mass is 290 g/mol. The highest BCUT2D eigenvalue weighted by Gasteiger charge is 2.26. The fourth-order valence-electron chi connectivity index (χ4n) is 2.90. The van der Waals surface area contributed by atoms with E-state index in [9.17, 15) is 4.79 Å². The maximum Gasteiger partial charge on any atom is 0.219 e. The van der Waals surface area contributed by atoms with Crippen LogP contribution in [0.25, 0.3) is 0 Å². The molecule has 0 spiro atoms. The molecule has 1 heterocycles. The number of methoxy groups -OCH3 is 1. The predicted octanol–water partition coefficient (Wildman–Crippen LogP) is 2.18. The van der Waals surface area contributed by atoms with Crippen molar-refractivity contribution in [2.75, 3.05) is 20.2 Å². The number of nitrogens with one attached hydrogen (secondary N) is 1. The molecule has 4 heteroatoms. The van der Waals surface area contributed by atoms with E-state index in [0.29, 0.717) is 18.6 Å². The zero-order chi connectivity index (χ0) is 15.2. The van der Waals surface area contributed by atoms with Crippen molar-refractivity contribution in [3.63, 3.8) is 0 Å². The first-order chi connectivity index (χ1) is 10.1. The number of likely N-dealkylation sites (tertiary alicyclic amines) is 1. The van der Waals surface area contributed by atoms with Crippen molar-refractivity contribution in [2.24, 2.45) is 5.92 Å². The van der Waals surface area contributed by atoms with Gasteiger partial charge < -0.3 is 15.0 Å². The molecule has 1 aliphatic rings. The molecule has 2 atom stereocenters. The number of nitrogens with zero attached hydrogens (tertiary/aromatic N) is 1. The van der Waals surface area contributed by atoms with E-state index in [-0.39, 0.29) is 5.91 Å². The molecule has 0 saturated carbocycles. The molecular formula is C17H26N2O2. The highest BCUT2D eigenvalue weighted by Crippen LogP contribution is 2.17. The van der Waals surface area contributed by atoms with Gasteiger partial charge in [-0.1, -0.05) is 31.2 Å². The number of hydrogen-bond acceptors (Lipinski definition) is 3. The molecule has 1 amide bonds. The van der Waals surface area contributed by atoms with E-state index in [1.165, 1.54) is 11.1 Å². The Morgan fingerprint density at radius 2 is 2.00 bits per heavy atom. The Bertz CT molecular complexity index is 458. The highest BCUT2D eigenvalue weighted by atomic mass is 16.5. The molecule has 1 aromatic rings. The van der Waals surface area contributed by atoms with Gasteiger partial charge in [0.05, 0.1) is 6.61 Å². The van der Waals surface area contributed by atoms with E-state index in [2.05, 4.69) is 36.5 Å². The Morgan fingerprint density at radius 1 is 1.33 bits per heavy atom. The van der Waals surface area contributed by atoms with E-state index < -0.39 is 0 Å². The minimum Gasteiger partial charge on any atom is -0.380 e. The fraction of sp³-hybridized carbons (Fsp3) is 0.588. The largest absolute Gasteiger partial charge is 0.380 e. The maximum absolute atomic E-state index is 11.4.